The van der Waals surface area contributed by atoms with E-state index in [1.165, 1.54) is 16.4 Å². The fourth-order valence-corrected chi connectivity index (χ4v) is 5.07. The molecule has 0 unspecified atom stereocenters. The van der Waals surface area contributed by atoms with Gasteiger partial charge >= 0.3 is 5.97 Å². The number of carbonyl (C=O) groups excluding carboxylic acids is 2. The number of sulfonamides is 1. The summed E-state index contributed by atoms with van der Waals surface area (Å²) < 4.78 is 42.9. The number of esters is 1. The topological polar surface area (TPSA) is 111 Å². The molecule has 1 aliphatic heterocycles. The first-order valence-electron chi connectivity index (χ1n) is 11.2. The van der Waals surface area contributed by atoms with Crippen LogP contribution in [0, 0.1) is 0 Å². The van der Waals surface area contributed by atoms with Gasteiger partial charge in [-0.15, -0.1) is 0 Å². The van der Waals surface area contributed by atoms with Gasteiger partial charge in [-0.1, -0.05) is 18.9 Å². The fraction of sp³-hybridized carbons (Fsp3) is 0.417. The molecular weight excluding hydrogens is 460 g/mol. The van der Waals surface area contributed by atoms with Gasteiger partial charge in [0.1, 0.15) is 11.5 Å². The van der Waals surface area contributed by atoms with Crippen molar-refractivity contribution >= 4 is 27.6 Å². The summed E-state index contributed by atoms with van der Waals surface area (Å²) in [4.78, 5) is 24.2. The van der Waals surface area contributed by atoms with Crippen molar-refractivity contribution in [1.29, 1.82) is 0 Å². The highest BCUT2D eigenvalue weighted by Crippen LogP contribution is 2.23. The second kappa shape index (κ2) is 12.4. The van der Waals surface area contributed by atoms with E-state index >= 15 is 0 Å². The molecule has 0 bridgehead atoms. The number of ether oxygens (including phenoxy) is 3. The summed E-state index contributed by atoms with van der Waals surface area (Å²) in [6, 6.07) is 13.0. The average molecular weight is 491 g/mol. The third kappa shape index (κ3) is 7.46. The van der Waals surface area contributed by atoms with Crippen molar-refractivity contribution in [2.24, 2.45) is 0 Å². The number of hydrogen-bond acceptors (Lipinski definition) is 7. The average Bonchev–Trinajstić information content (AvgIpc) is 3.14. The van der Waals surface area contributed by atoms with E-state index in [1.54, 1.807) is 43.5 Å². The summed E-state index contributed by atoms with van der Waals surface area (Å²) in [6.45, 7) is 0.613. The Morgan fingerprint density at radius 3 is 2.32 bits per heavy atom. The largest absolute Gasteiger partial charge is 0.497 e. The normalized spacial score (nSPS) is 14.6. The second-order valence-corrected chi connectivity index (χ2v) is 9.77. The zero-order chi connectivity index (χ0) is 24.4. The first kappa shape index (κ1) is 25.5. The Kier molecular flexibility index (Phi) is 9.29. The van der Waals surface area contributed by atoms with E-state index in [2.05, 4.69) is 5.32 Å². The summed E-state index contributed by atoms with van der Waals surface area (Å²) in [7, 11) is -2.06. The Balaban J connectivity index is 1.44. The highest BCUT2D eigenvalue weighted by atomic mass is 32.2. The number of amides is 1. The van der Waals surface area contributed by atoms with Crippen LogP contribution in [-0.4, -0.2) is 58.0 Å². The highest BCUT2D eigenvalue weighted by Gasteiger charge is 2.25. The number of nitrogens with one attached hydrogen (secondary N) is 1. The molecule has 0 saturated carbocycles. The van der Waals surface area contributed by atoms with Crippen LogP contribution in [0.2, 0.25) is 0 Å². The number of anilines is 1. The maximum absolute atomic E-state index is 13.0. The van der Waals surface area contributed by atoms with Gasteiger partial charge in [0.05, 0.1) is 25.0 Å². The van der Waals surface area contributed by atoms with E-state index in [1.807, 2.05) is 0 Å². The smallest absolute Gasteiger partial charge is 0.309 e. The Hall–Kier alpha value is -3.11. The quantitative estimate of drug-likeness (QED) is 0.509. The van der Waals surface area contributed by atoms with Crippen molar-refractivity contribution < 1.29 is 32.2 Å². The molecule has 0 aromatic heterocycles. The van der Waals surface area contributed by atoms with Crippen LogP contribution in [0.4, 0.5) is 5.69 Å². The maximum Gasteiger partial charge on any atom is 0.309 e. The highest BCUT2D eigenvalue weighted by molar-refractivity contribution is 7.89. The van der Waals surface area contributed by atoms with Gasteiger partial charge in [0.2, 0.25) is 10.0 Å². The van der Waals surface area contributed by atoms with Crippen molar-refractivity contribution in [1.82, 2.24) is 4.31 Å². The lowest BCUT2D eigenvalue weighted by atomic mass is 10.2. The summed E-state index contributed by atoms with van der Waals surface area (Å²) in [5.74, 6) is 0.138. The molecule has 0 spiro atoms. The van der Waals surface area contributed by atoms with Crippen LogP contribution in [-0.2, 0) is 24.3 Å². The van der Waals surface area contributed by atoms with Gasteiger partial charge in [-0.2, -0.15) is 4.31 Å². The molecule has 2 aromatic rings. The summed E-state index contributed by atoms with van der Waals surface area (Å²) >= 11 is 0. The summed E-state index contributed by atoms with van der Waals surface area (Å²) in [5.41, 5.74) is 0.319. The van der Waals surface area contributed by atoms with Crippen LogP contribution < -0.4 is 14.8 Å². The first-order chi connectivity index (χ1) is 16.4. The Bertz CT molecular complexity index is 1060. The van der Waals surface area contributed by atoms with Gasteiger partial charge in [0.25, 0.3) is 5.91 Å². The van der Waals surface area contributed by atoms with Crippen LogP contribution in [0.3, 0.4) is 0 Å². The Labute approximate surface area is 200 Å². The van der Waals surface area contributed by atoms with Gasteiger partial charge in [0.15, 0.2) is 6.61 Å². The van der Waals surface area contributed by atoms with Crippen molar-refractivity contribution in [3.63, 3.8) is 0 Å². The monoisotopic (exact) mass is 490 g/mol. The lowest BCUT2D eigenvalue weighted by molar-refractivity contribution is -0.147. The van der Waals surface area contributed by atoms with Crippen LogP contribution in [0.15, 0.2) is 53.4 Å². The van der Waals surface area contributed by atoms with Crippen molar-refractivity contribution in [3.8, 4) is 11.5 Å². The predicted molar refractivity (Wildman–Crippen MR) is 126 cm³/mol. The van der Waals surface area contributed by atoms with Crippen LogP contribution in [0.5, 0.6) is 11.5 Å². The standard InChI is InChI=1S/C24H30N2O7S/c1-31-20-9-11-21(12-10-20)32-16-13-24(28)33-18-23(27)25-19-7-6-8-22(17-19)34(29,30)26-14-4-2-3-5-15-26/h6-12,17H,2-5,13-16,18H2,1H3,(H,25,27). The Morgan fingerprint density at radius 1 is 0.971 bits per heavy atom. The third-order valence-corrected chi connectivity index (χ3v) is 7.21. The number of hydrogen-bond donors (Lipinski definition) is 1. The zero-order valence-corrected chi connectivity index (χ0v) is 20.0. The minimum absolute atomic E-state index is 0.0249. The van der Waals surface area contributed by atoms with Gasteiger partial charge in [-0.05, 0) is 55.3 Å². The number of carbonyl (C=O) groups is 2. The summed E-state index contributed by atoms with van der Waals surface area (Å²) in [5, 5.41) is 2.58. The molecule has 1 aliphatic rings. The lowest BCUT2D eigenvalue weighted by Crippen LogP contribution is -2.32. The molecule has 1 saturated heterocycles. The van der Waals surface area contributed by atoms with Gasteiger partial charge in [0, 0.05) is 18.8 Å². The SMILES string of the molecule is COc1ccc(OCCC(=O)OCC(=O)Nc2cccc(S(=O)(=O)N3CCCCCC3)c2)cc1. The molecule has 9 nitrogen and oxygen atoms in total. The second-order valence-electron chi connectivity index (χ2n) is 7.83. The molecule has 0 aliphatic carbocycles. The molecule has 1 fully saturated rings. The lowest BCUT2D eigenvalue weighted by Gasteiger charge is -2.20. The molecule has 0 radical (unpaired) electrons. The van der Waals surface area contributed by atoms with Gasteiger partial charge in [-0.25, -0.2) is 8.42 Å². The third-order valence-electron chi connectivity index (χ3n) is 5.32. The first-order valence-corrected chi connectivity index (χ1v) is 12.6. The molecule has 10 heteroatoms. The molecule has 1 amide bonds. The minimum atomic E-state index is -3.63. The van der Waals surface area contributed by atoms with E-state index in [9.17, 15) is 18.0 Å². The molecule has 1 N–H and O–H groups in total. The number of nitrogens with zero attached hydrogens (tertiary/aromatic N) is 1. The van der Waals surface area contributed by atoms with Crippen molar-refractivity contribution in [3.05, 3.63) is 48.5 Å². The van der Waals surface area contributed by atoms with Crippen LogP contribution >= 0.6 is 0 Å². The van der Waals surface area contributed by atoms with Gasteiger partial charge in [-0.3, -0.25) is 9.59 Å². The van der Waals surface area contributed by atoms with E-state index in [-0.39, 0.29) is 17.9 Å². The van der Waals surface area contributed by atoms with E-state index in [0.717, 1.165) is 25.7 Å². The Morgan fingerprint density at radius 2 is 1.65 bits per heavy atom. The van der Waals surface area contributed by atoms with Crippen LogP contribution in [0.1, 0.15) is 32.1 Å². The molecule has 3 rings (SSSR count). The molecule has 184 valence electrons. The van der Waals surface area contributed by atoms with E-state index in [0.29, 0.717) is 30.3 Å². The van der Waals surface area contributed by atoms with Crippen molar-refractivity contribution in [2.45, 2.75) is 37.0 Å². The van der Waals surface area contributed by atoms with E-state index < -0.39 is 28.5 Å². The predicted octanol–water partition coefficient (Wildman–Crippen LogP) is 3.21. The molecule has 0 atom stereocenters. The number of benzene rings is 2. The number of rotatable bonds is 10. The molecule has 34 heavy (non-hydrogen) atoms. The van der Waals surface area contributed by atoms with E-state index in [4.69, 9.17) is 14.2 Å². The maximum atomic E-state index is 13.0. The van der Waals surface area contributed by atoms with Crippen LogP contribution in [0.25, 0.3) is 0 Å². The molecular formula is C24H30N2O7S. The number of methoxy groups -OCH3 is 1. The fourth-order valence-electron chi connectivity index (χ4n) is 3.50. The molecule has 2 aromatic carbocycles. The zero-order valence-electron chi connectivity index (χ0n) is 19.2. The van der Waals surface area contributed by atoms with Gasteiger partial charge < -0.3 is 19.5 Å². The minimum Gasteiger partial charge on any atom is -0.497 e. The summed E-state index contributed by atoms with van der Waals surface area (Å²) in [6.07, 6.45) is 3.70. The molecule has 1 heterocycles. The van der Waals surface area contributed by atoms with Crippen molar-refractivity contribution in [2.75, 3.05) is 38.7 Å².